The topological polar surface area (TPSA) is 308 Å². The molecule has 87 heavy (non-hydrogen) atoms. The molecule has 0 aliphatic carbocycles. The first-order valence-electron chi connectivity index (χ1n) is 31.1. The summed E-state index contributed by atoms with van der Waals surface area (Å²) in [5.74, 6) is -9.68. The molecular formula is C64H102N8O15. The van der Waals surface area contributed by atoms with Gasteiger partial charge in [0.15, 0.2) is 11.6 Å². The van der Waals surface area contributed by atoms with Gasteiger partial charge in [0.05, 0.1) is 48.7 Å². The first kappa shape index (κ1) is 74.8. The number of imide groups is 1. The highest BCUT2D eigenvalue weighted by Crippen LogP contribution is 2.32. The summed E-state index contributed by atoms with van der Waals surface area (Å²) < 4.78 is 12.2. The van der Waals surface area contributed by atoms with Crippen LogP contribution in [0.25, 0.3) is 0 Å². The Bertz CT molecular complexity index is 2460. The number of ketones is 2. The Hall–Kier alpha value is -6.43. The molecule has 2 aliphatic rings. The van der Waals surface area contributed by atoms with Gasteiger partial charge in [-0.25, -0.2) is 4.79 Å². The van der Waals surface area contributed by atoms with Gasteiger partial charge in [0, 0.05) is 90.6 Å². The van der Waals surface area contributed by atoms with Crippen molar-refractivity contribution in [2.75, 3.05) is 68.1 Å². The fourth-order valence-corrected chi connectivity index (χ4v) is 12.1. The van der Waals surface area contributed by atoms with Crippen molar-refractivity contribution in [3.05, 3.63) is 48.0 Å². The number of carbonyl (C=O) groups is 11. The van der Waals surface area contributed by atoms with Crippen molar-refractivity contribution >= 4 is 64.9 Å². The predicted octanol–water partition coefficient (Wildman–Crippen LogP) is 4.43. The fraction of sp³-hybridized carbons (Fsp3) is 0.703. The number of likely N-dealkylation sites (tertiary alicyclic amines) is 1. The van der Waals surface area contributed by atoms with Crippen LogP contribution in [-0.4, -0.2) is 205 Å². The lowest BCUT2D eigenvalue weighted by Crippen LogP contribution is -2.55. The quantitative estimate of drug-likeness (QED) is 0.0389. The normalized spacial score (nSPS) is 17.7. The lowest BCUT2D eigenvalue weighted by Gasteiger charge is -2.41. The number of carbonyl (C=O) groups excluding carboxylic acids is 9. The van der Waals surface area contributed by atoms with Crippen LogP contribution < -0.4 is 21.3 Å². The molecule has 0 aromatic heterocycles. The van der Waals surface area contributed by atoms with E-state index in [1.165, 1.54) is 14.2 Å². The molecule has 23 heteroatoms. The summed E-state index contributed by atoms with van der Waals surface area (Å²) in [7, 11) is 8.58. The maximum Gasteiger partial charge on any atom is 0.326 e. The molecule has 1 fully saturated rings. The highest BCUT2D eigenvalue weighted by Gasteiger charge is 2.44. The van der Waals surface area contributed by atoms with E-state index in [2.05, 4.69) is 26.2 Å². The maximum atomic E-state index is 14.7. The van der Waals surface area contributed by atoms with E-state index >= 15 is 0 Å². The number of hydrogen-bond acceptors (Lipinski definition) is 15. The van der Waals surface area contributed by atoms with Crippen LogP contribution in [-0.2, 0) is 68.6 Å². The third-order valence-corrected chi connectivity index (χ3v) is 17.3. The molecular weight excluding hydrogens is 1120 g/mol. The number of benzene rings is 1. The van der Waals surface area contributed by atoms with Crippen molar-refractivity contribution in [1.29, 1.82) is 0 Å². The summed E-state index contributed by atoms with van der Waals surface area (Å²) in [5, 5.41) is 30.9. The molecule has 3 rings (SSSR count). The number of ether oxygens (including phenoxy) is 2. The smallest absolute Gasteiger partial charge is 0.326 e. The van der Waals surface area contributed by atoms with E-state index in [-0.39, 0.29) is 99.4 Å². The van der Waals surface area contributed by atoms with Gasteiger partial charge in [-0.15, -0.1) is 0 Å². The Morgan fingerprint density at radius 1 is 0.747 bits per heavy atom. The van der Waals surface area contributed by atoms with Crippen molar-refractivity contribution < 1.29 is 72.4 Å². The monoisotopic (exact) mass is 1220 g/mol. The third-order valence-electron chi connectivity index (χ3n) is 17.3. The van der Waals surface area contributed by atoms with Crippen LogP contribution in [0.15, 0.2) is 42.5 Å². The maximum absolute atomic E-state index is 14.7. The van der Waals surface area contributed by atoms with Crippen molar-refractivity contribution in [3.8, 4) is 0 Å². The molecule has 2 aliphatic heterocycles. The van der Waals surface area contributed by atoms with Crippen LogP contribution in [0.3, 0.4) is 0 Å². The van der Waals surface area contributed by atoms with E-state index in [1.807, 2.05) is 55.6 Å². The zero-order valence-corrected chi connectivity index (χ0v) is 53.7. The number of methoxy groups -OCH3 is 2. The molecule has 0 saturated carbocycles. The molecule has 23 nitrogen and oxygen atoms in total. The van der Waals surface area contributed by atoms with E-state index in [0.717, 1.165) is 43.0 Å². The lowest BCUT2D eigenvalue weighted by molar-refractivity contribution is -0.149. The van der Waals surface area contributed by atoms with Crippen molar-refractivity contribution in [1.82, 2.24) is 40.9 Å². The zero-order chi connectivity index (χ0) is 65.1. The Balaban J connectivity index is 1.78. The van der Waals surface area contributed by atoms with Crippen LogP contribution in [0.4, 0.5) is 0 Å². The second-order valence-electron chi connectivity index (χ2n) is 24.3. The number of carboxylic acid groups (broad SMARTS) is 2. The largest absolute Gasteiger partial charge is 0.481 e. The average Bonchev–Trinajstić information content (AvgIpc) is 3.24. The molecule has 0 unspecified atom stereocenters. The van der Waals surface area contributed by atoms with Crippen molar-refractivity contribution in [2.24, 2.45) is 35.5 Å². The number of likely N-dealkylation sites (N-methyl/N-ethyl adjacent to an activating group) is 2. The second kappa shape index (κ2) is 38.1. The van der Waals surface area contributed by atoms with Gasteiger partial charge in [0.2, 0.25) is 29.5 Å². The van der Waals surface area contributed by atoms with Crippen LogP contribution in [0.5, 0.6) is 0 Å². The minimum atomic E-state index is -1.43. The van der Waals surface area contributed by atoms with Gasteiger partial charge in [0.25, 0.3) is 11.8 Å². The van der Waals surface area contributed by atoms with Gasteiger partial charge in [0.1, 0.15) is 6.04 Å². The summed E-state index contributed by atoms with van der Waals surface area (Å²) in [6.07, 6.45) is 3.21. The molecule has 0 radical (unpaired) electrons. The van der Waals surface area contributed by atoms with E-state index < -0.39 is 114 Å². The van der Waals surface area contributed by atoms with Gasteiger partial charge in [-0.05, 0) is 108 Å². The van der Waals surface area contributed by atoms with Crippen LogP contribution in [0.2, 0.25) is 0 Å². The summed E-state index contributed by atoms with van der Waals surface area (Å²) in [5.41, 5.74) is 0.667. The number of carboxylic acids is 2. The zero-order valence-electron chi connectivity index (χ0n) is 53.7. The molecule has 7 amide bonds. The lowest BCUT2D eigenvalue weighted by atomic mass is 9.83. The summed E-state index contributed by atoms with van der Waals surface area (Å²) >= 11 is 0. The number of amides is 7. The van der Waals surface area contributed by atoms with Crippen molar-refractivity contribution in [2.45, 2.75) is 187 Å². The number of rotatable bonds is 43. The van der Waals surface area contributed by atoms with Gasteiger partial charge < -0.3 is 50.8 Å². The highest BCUT2D eigenvalue weighted by atomic mass is 16.5. The highest BCUT2D eigenvalue weighted by molar-refractivity contribution is 6.13. The van der Waals surface area contributed by atoms with Gasteiger partial charge >= 0.3 is 11.9 Å². The number of Topliss-reactive ketones (excluding diaryl/α,β-unsaturated/α-hetero) is 2. The van der Waals surface area contributed by atoms with E-state index in [1.54, 1.807) is 54.1 Å². The molecule has 6 N–H and O–H groups in total. The van der Waals surface area contributed by atoms with Crippen LogP contribution in [0.1, 0.15) is 144 Å². The summed E-state index contributed by atoms with van der Waals surface area (Å²) in [6.45, 7) is 15.7. The average molecular weight is 1220 g/mol. The van der Waals surface area contributed by atoms with Gasteiger partial charge in [-0.3, -0.25) is 57.7 Å². The number of hydrogen-bond donors (Lipinski definition) is 6. The fourth-order valence-electron chi connectivity index (χ4n) is 12.1. The minimum absolute atomic E-state index is 0.00866. The predicted molar refractivity (Wildman–Crippen MR) is 327 cm³/mol. The number of aliphatic carboxylic acids is 2. The molecule has 1 aromatic rings. The van der Waals surface area contributed by atoms with Gasteiger partial charge in [-0.1, -0.05) is 85.2 Å². The number of unbranched alkanes of at least 4 members (excludes halogenated alkanes) is 2. The number of nitrogens with zero attached hydrogens (tertiary/aromatic N) is 4. The Labute approximate surface area is 515 Å². The molecule has 1 aromatic carbocycles. The minimum Gasteiger partial charge on any atom is -0.481 e. The first-order valence-corrected chi connectivity index (χ1v) is 31.1. The second-order valence-corrected chi connectivity index (χ2v) is 24.3. The van der Waals surface area contributed by atoms with E-state index in [0.29, 0.717) is 37.8 Å². The first-order chi connectivity index (χ1) is 41.2. The Morgan fingerprint density at radius 3 is 1.97 bits per heavy atom. The molecule has 2 heterocycles. The van der Waals surface area contributed by atoms with E-state index in [9.17, 15) is 63.0 Å². The van der Waals surface area contributed by atoms with Crippen LogP contribution in [0, 0.1) is 35.5 Å². The van der Waals surface area contributed by atoms with Crippen molar-refractivity contribution in [3.63, 3.8) is 0 Å². The van der Waals surface area contributed by atoms with Gasteiger partial charge in [-0.2, -0.15) is 0 Å². The SMILES string of the molecule is CC[C@H](C)[C@@H]([C@@H](CC(=O)N1CCC[C@H]1[C@H](OC)[C@@H](C)C(=O)N[C@@H](Cc1ccccc1)C(=O)C[C@@H](CCC(=O)O)C(=O)N[C@@H](CCCCNC(=O)CCN1C(=O)C=CC1=O)C(=O)O)OC)N(C)C(=O)[C@@H](CC(=O)[C@H](C(C)C)N(C)CCCCNC)C(C)C. The Morgan fingerprint density at radius 2 is 1.39 bits per heavy atom. The molecule has 1 saturated heterocycles. The van der Waals surface area contributed by atoms with E-state index in [4.69, 9.17) is 9.47 Å². The third kappa shape index (κ3) is 23.6. The standard InChI is InChI=1S/C64H102N8O15/c1-13-42(6)59(70(10)63(83)46(40(2)3)38-51(74)58(41(4)5)69(9)33-20-19-31-65-8)52(86-11)39-56(78)71-34-21-25-49(71)60(87-12)43(7)61(81)68-48(36-44-22-15-14-16-23-44)50(73)37-45(26-29-57(79)80)62(82)67-47(64(84)85)24-17-18-32-66-53(75)30-35-72-54(76)27-28-55(72)77/h14-16,22-23,27-28,40-43,45-49,52,58-60,65H,13,17-21,24-26,29-39H2,1-12H3,(H,66,75)(H,67,82)(H,68,81)(H,79,80)(H,84,85)/t42-,43+,45+,46-,47-,48-,49-,52+,58-,59-,60+/m0/s1. The molecule has 0 bridgehead atoms. The summed E-state index contributed by atoms with van der Waals surface area (Å²) in [4.78, 5) is 153. The summed E-state index contributed by atoms with van der Waals surface area (Å²) in [6, 6.07) is 4.68. The molecule has 488 valence electrons. The molecule has 0 spiro atoms. The Kier molecular flexibility index (Phi) is 32.8. The number of nitrogens with one attached hydrogen (secondary N) is 4. The molecule has 11 atom stereocenters. The van der Waals surface area contributed by atoms with Crippen LogP contribution >= 0.6 is 0 Å².